The Kier molecular flexibility index (Phi) is 5.44. The second kappa shape index (κ2) is 7.76. The first-order valence-corrected chi connectivity index (χ1v) is 9.15. The summed E-state index contributed by atoms with van der Waals surface area (Å²) in [6.07, 6.45) is 2.05. The van der Waals surface area contributed by atoms with Crippen molar-refractivity contribution in [3.8, 4) is 5.75 Å². The van der Waals surface area contributed by atoms with Crippen LogP contribution in [0.2, 0.25) is 0 Å². The zero-order chi connectivity index (χ0) is 18.6. The highest BCUT2D eigenvalue weighted by molar-refractivity contribution is 6.07. The van der Waals surface area contributed by atoms with Gasteiger partial charge in [-0.05, 0) is 38.3 Å². The Morgan fingerprint density at radius 3 is 2.54 bits per heavy atom. The average molecular weight is 359 g/mol. The third kappa shape index (κ3) is 3.52. The van der Waals surface area contributed by atoms with Crippen molar-refractivity contribution < 1.29 is 19.1 Å². The molecule has 0 radical (unpaired) electrons. The maximum absolute atomic E-state index is 12.4. The number of rotatable bonds is 6. The SMILES string of the molecule is CCN1C(=O)NC(=O)C12CCN(C(=O)CCCOc1ccccc1)CC2. The van der Waals surface area contributed by atoms with Crippen molar-refractivity contribution >= 4 is 17.8 Å². The summed E-state index contributed by atoms with van der Waals surface area (Å²) in [7, 11) is 0. The molecule has 2 aliphatic rings. The van der Waals surface area contributed by atoms with Gasteiger partial charge in [0.15, 0.2) is 0 Å². The smallest absolute Gasteiger partial charge is 0.325 e. The number of likely N-dealkylation sites (tertiary alicyclic amines) is 1. The van der Waals surface area contributed by atoms with E-state index in [9.17, 15) is 14.4 Å². The van der Waals surface area contributed by atoms with E-state index in [-0.39, 0.29) is 17.8 Å². The number of carbonyl (C=O) groups is 3. The molecule has 2 saturated heterocycles. The number of ether oxygens (including phenoxy) is 1. The first-order chi connectivity index (χ1) is 12.6. The quantitative estimate of drug-likeness (QED) is 0.620. The van der Waals surface area contributed by atoms with E-state index in [0.717, 1.165) is 5.75 Å². The summed E-state index contributed by atoms with van der Waals surface area (Å²) in [5.74, 6) is 0.647. The van der Waals surface area contributed by atoms with Crippen molar-refractivity contribution in [3.05, 3.63) is 30.3 Å². The predicted molar refractivity (Wildman–Crippen MR) is 95.6 cm³/mol. The Hall–Kier alpha value is -2.57. The number of nitrogens with zero attached hydrogens (tertiary/aromatic N) is 2. The molecule has 0 atom stereocenters. The number of carbonyl (C=O) groups excluding carboxylic acids is 3. The Labute approximate surface area is 153 Å². The Bertz CT molecular complexity index is 669. The van der Waals surface area contributed by atoms with Gasteiger partial charge >= 0.3 is 6.03 Å². The highest BCUT2D eigenvalue weighted by Gasteiger charge is 2.53. The molecule has 7 nitrogen and oxygen atoms in total. The van der Waals surface area contributed by atoms with Gasteiger partial charge in [0, 0.05) is 26.1 Å². The molecule has 1 N–H and O–H groups in total. The van der Waals surface area contributed by atoms with E-state index in [1.807, 2.05) is 37.3 Å². The molecular weight excluding hydrogens is 334 g/mol. The van der Waals surface area contributed by atoms with Gasteiger partial charge in [-0.15, -0.1) is 0 Å². The number of piperidine rings is 1. The van der Waals surface area contributed by atoms with Crippen molar-refractivity contribution in [1.82, 2.24) is 15.1 Å². The van der Waals surface area contributed by atoms with E-state index in [2.05, 4.69) is 5.32 Å². The van der Waals surface area contributed by atoms with Crippen LogP contribution in [0.25, 0.3) is 0 Å². The van der Waals surface area contributed by atoms with Gasteiger partial charge < -0.3 is 14.5 Å². The summed E-state index contributed by atoms with van der Waals surface area (Å²) >= 11 is 0. The lowest BCUT2D eigenvalue weighted by Crippen LogP contribution is -2.57. The zero-order valence-electron chi connectivity index (χ0n) is 15.1. The molecule has 140 valence electrons. The molecule has 26 heavy (non-hydrogen) atoms. The Morgan fingerprint density at radius 1 is 1.19 bits per heavy atom. The van der Waals surface area contributed by atoms with E-state index in [1.165, 1.54) is 0 Å². The van der Waals surface area contributed by atoms with Gasteiger partial charge in [-0.25, -0.2) is 4.79 Å². The van der Waals surface area contributed by atoms with E-state index in [0.29, 0.717) is 51.9 Å². The van der Waals surface area contributed by atoms with Crippen LogP contribution in [0, 0.1) is 0 Å². The van der Waals surface area contributed by atoms with Gasteiger partial charge in [0.05, 0.1) is 6.61 Å². The fourth-order valence-electron chi connectivity index (χ4n) is 3.76. The van der Waals surface area contributed by atoms with Gasteiger partial charge in [0.25, 0.3) is 5.91 Å². The minimum Gasteiger partial charge on any atom is -0.494 e. The maximum Gasteiger partial charge on any atom is 0.325 e. The summed E-state index contributed by atoms with van der Waals surface area (Å²) in [5, 5.41) is 2.41. The number of likely N-dealkylation sites (N-methyl/N-ethyl adjacent to an activating group) is 1. The van der Waals surface area contributed by atoms with Crippen molar-refractivity contribution in [2.45, 2.75) is 38.1 Å². The molecule has 1 aromatic rings. The molecule has 1 spiro atoms. The fourth-order valence-corrected chi connectivity index (χ4v) is 3.76. The molecule has 0 aromatic heterocycles. The van der Waals surface area contributed by atoms with Gasteiger partial charge in [-0.2, -0.15) is 0 Å². The highest BCUT2D eigenvalue weighted by atomic mass is 16.5. The Balaban J connectivity index is 1.45. The van der Waals surface area contributed by atoms with Gasteiger partial charge in [-0.3, -0.25) is 14.9 Å². The molecule has 7 heteroatoms. The lowest BCUT2D eigenvalue weighted by molar-refractivity contribution is -0.138. The van der Waals surface area contributed by atoms with Crippen LogP contribution in [0.15, 0.2) is 30.3 Å². The minimum absolute atomic E-state index is 0.0734. The number of nitrogens with one attached hydrogen (secondary N) is 1. The topological polar surface area (TPSA) is 79.0 Å². The van der Waals surface area contributed by atoms with Crippen molar-refractivity contribution in [1.29, 1.82) is 0 Å². The van der Waals surface area contributed by atoms with E-state index in [1.54, 1.807) is 9.80 Å². The summed E-state index contributed by atoms with van der Waals surface area (Å²) in [6, 6.07) is 9.20. The summed E-state index contributed by atoms with van der Waals surface area (Å²) < 4.78 is 5.61. The first-order valence-electron chi connectivity index (χ1n) is 9.15. The monoisotopic (exact) mass is 359 g/mol. The number of hydrogen-bond acceptors (Lipinski definition) is 4. The van der Waals surface area contributed by atoms with E-state index >= 15 is 0 Å². The maximum atomic E-state index is 12.4. The van der Waals surface area contributed by atoms with Crippen LogP contribution in [0.5, 0.6) is 5.75 Å². The fraction of sp³-hybridized carbons (Fsp3) is 0.526. The third-order valence-electron chi connectivity index (χ3n) is 5.21. The molecule has 0 bridgehead atoms. The average Bonchev–Trinajstić information content (AvgIpc) is 2.89. The van der Waals surface area contributed by atoms with Gasteiger partial charge in [0.2, 0.25) is 5.91 Å². The largest absolute Gasteiger partial charge is 0.494 e. The van der Waals surface area contributed by atoms with E-state index in [4.69, 9.17) is 4.74 Å². The normalized spacial score (nSPS) is 19.0. The van der Waals surface area contributed by atoms with Crippen LogP contribution in [0.4, 0.5) is 4.79 Å². The van der Waals surface area contributed by atoms with Crippen LogP contribution in [0.3, 0.4) is 0 Å². The highest BCUT2D eigenvalue weighted by Crippen LogP contribution is 2.33. The first kappa shape index (κ1) is 18.2. The summed E-state index contributed by atoms with van der Waals surface area (Å²) in [5.41, 5.74) is -0.779. The summed E-state index contributed by atoms with van der Waals surface area (Å²) in [4.78, 5) is 39.9. The lowest BCUT2D eigenvalue weighted by atomic mass is 9.86. The molecule has 2 fully saturated rings. The molecular formula is C19H25N3O4. The number of para-hydroxylation sites is 1. The van der Waals surface area contributed by atoms with Crippen molar-refractivity contribution in [2.75, 3.05) is 26.2 Å². The minimum atomic E-state index is -0.779. The third-order valence-corrected chi connectivity index (χ3v) is 5.21. The van der Waals surface area contributed by atoms with Crippen LogP contribution in [-0.2, 0) is 9.59 Å². The molecule has 2 heterocycles. The van der Waals surface area contributed by atoms with Gasteiger partial charge in [-0.1, -0.05) is 18.2 Å². The lowest BCUT2D eigenvalue weighted by Gasteiger charge is -2.41. The second-order valence-corrected chi connectivity index (χ2v) is 6.68. The molecule has 0 saturated carbocycles. The molecule has 0 unspecified atom stereocenters. The number of benzene rings is 1. The predicted octanol–water partition coefficient (Wildman–Crippen LogP) is 1.78. The van der Waals surface area contributed by atoms with Crippen LogP contribution < -0.4 is 10.1 Å². The standard InChI is InChI=1S/C19H25N3O4/c1-2-22-18(25)20-17(24)19(22)10-12-21(13-11-19)16(23)9-6-14-26-15-7-4-3-5-8-15/h3-5,7-8H,2,6,9-14H2,1H3,(H,20,24,25). The molecule has 4 amide bonds. The number of amides is 4. The number of urea groups is 1. The van der Waals surface area contributed by atoms with Gasteiger partial charge in [0.1, 0.15) is 11.3 Å². The molecule has 2 aliphatic heterocycles. The molecule has 1 aromatic carbocycles. The number of hydrogen-bond donors (Lipinski definition) is 1. The molecule has 3 rings (SSSR count). The zero-order valence-corrected chi connectivity index (χ0v) is 15.1. The van der Waals surface area contributed by atoms with Crippen molar-refractivity contribution in [2.24, 2.45) is 0 Å². The van der Waals surface area contributed by atoms with Crippen molar-refractivity contribution in [3.63, 3.8) is 0 Å². The van der Waals surface area contributed by atoms with Crippen LogP contribution in [-0.4, -0.2) is 59.4 Å². The van der Waals surface area contributed by atoms with Crippen LogP contribution in [0.1, 0.15) is 32.6 Å². The van der Waals surface area contributed by atoms with Crippen LogP contribution >= 0.6 is 0 Å². The summed E-state index contributed by atoms with van der Waals surface area (Å²) in [6.45, 7) is 3.84. The number of imide groups is 1. The van der Waals surface area contributed by atoms with E-state index < -0.39 is 5.54 Å². The Morgan fingerprint density at radius 2 is 1.88 bits per heavy atom. The molecule has 0 aliphatic carbocycles. The second-order valence-electron chi connectivity index (χ2n) is 6.68.